The van der Waals surface area contributed by atoms with Gasteiger partial charge in [0.2, 0.25) is 0 Å². The van der Waals surface area contributed by atoms with E-state index in [2.05, 4.69) is 10.6 Å². The number of amides is 3. The number of hydrogen-bond donors (Lipinski definition) is 3. The zero-order valence-corrected chi connectivity index (χ0v) is 18.7. The van der Waals surface area contributed by atoms with Crippen LogP contribution in [0.2, 0.25) is 0 Å². The molecule has 1 spiro atoms. The van der Waals surface area contributed by atoms with Crippen molar-refractivity contribution in [3.05, 3.63) is 24.3 Å². The molecule has 0 unspecified atom stereocenters. The zero-order valence-electron chi connectivity index (χ0n) is 18.7. The highest BCUT2D eigenvalue weighted by Gasteiger charge is 2.55. The van der Waals surface area contributed by atoms with E-state index in [-0.39, 0.29) is 12.3 Å². The van der Waals surface area contributed by atoms with Crippen molar-refractivity contribution in [1.29, 1.82) is 0 Å². The number of nitrogens with two attached hydrogens (primary N) is 1. The van der Waals surface area contributed by atoms with Gasteiger partial charge in [0.25, 0.3) is 11.8 Å². The number of primary amides is 1. The van der Waals surface area contributed by atoms with Crippen LogP contribution in [0.25, 0.3) is 0 Å². The van der Waals surface area contributed by atoms with E-state index in [1.54, 1.807) is 33.8 Å². The monoisotopic (exact) mass is 431 g/mol. The average Bonchev–Trinajstić information content (AvgIpc) is 2.80. The van der Waals surface area contributed by atoms with Gasteiger partial charge in [-0.2, -0.15) is 0 Å². The first-order valence-electron chi connectivity index (χ1n) is 10.9. The number of carbonyl (C=O) groups excluding carboxylic acids is 3. The molecule has 3 rings (SSSR count). The van der Waals surface area contributed by atoms with Gasteiger partial charge in [-0.3, -0.25) is 9.59 Å². The molecule has 31 heavy (non-hydrogen) atoms. The molecule has 2 atom stereocenters. The number of hydrogen-bond acceptors (Lipinski definition) is 5. The van der Waals surface area contributed by atoms with Gasteiger partial charge in [0.1, 0.15) is 17.4 Å². The molecule has 1 aromatic rings. The van der Waals surface area contributed by atoms with Crippen molar-refractivity contribution in [3.63, 3.8) is 0 Å². The van der Waals surface area contributed by atoms with Crippen LogP contribution in [0.15, 0.2) is 24.3 Å². The summed E-state index contributed by atoms with van der Waals surface area (Å²) in [6, 6.07) is 6.31. The van der Waals surface area contributed by atoms with Gasteiger partial charge in [0.15, 0.2) is 5.60 Å². The highest BCUT2D eigenvalue weighted by molar-refractivity contribution is 6.01. The Bertz CT molecular complexity index is 857. The largest absolute Gasteiger partial charge is 0.482 e. The minimum atomic E-state index is -1.53. The summed E-state index contributed by atoms with van der Waals surface area (Å²) in [6.07, 6.45) is 3.24. The predicted octanol–water partition coefficient (Wildman–Crippen LogP) is 3.50. The highest BCUT2D eigenvalue weighted by Crippen LogP contribution is 2.42. The molecule has 1 saturated carbocycles. The molecule has 1 aliphatic carbocycles. The maximum Gasteiger partial charge on any atom is 0.405 e. The Balaban J connectivity index is 2.01. The van der Waals surface area contributed by atoms with Crippen molar-refractivity contribution in [2.75, 3.05) is 5.32 Å². The van der Waals surface area contributed by atoms with Crippen LogP contribution >= 0.6 is 0 Å². The number of fused-ring (bicyclic) bond motifs is 1. The maximum atomic E-state index is 13.6. The normalized spacial score (nSPS) is 22.2. The second-order valence-electron chi connectivity index (χ2n) is 9.47. The van der Waals surface area contributed by atoms with E-state index in [4.69, 9.17) is 15.2 Å². The van der Waals surface area contributed by atoms with Crippen LogP contribution in [-0.4, -0.2) is 35.2 Å². The van der Waals surface area contributed by atoms with Gasteiger partial charge in [0, 0.05) is 5.41 Å². The average molecular weight is 432 g/mol. The highest BCUT2D eigenvalue weighted by atomic mass is 16.6. The van der Waals surface area contributed by atoms with Gasteiger partial charge in [0.05, 0.1) is 5.69 Å². The molecular weight excluding hydrogens is 398 g/mol. The first kappa shape index (κ1) is 22.9. The van der Waals surface area contributed by atoms with Gasteiger partial charge in [-0.05, 0) is 44.2 Å². The van der Waals surface area contributed by atoms with Crippen LogP contribution in [0.1, 0.15) is 66.2 Å². The number of carbonyl (C=O) groups is 3. The Morgan fingerprint density at radius 3 is 2.45 bits per heavy atom. The second-order valence-corrected chi connectivity index (χ2v) is 9.47. The van der Waals surface area contributed by atoms with Crippen molar-refractivity contribution in [3.8, 4) is 5.75 Å². The maximum absolute atomic E-state index is 13.6. The van der Waals surface area contributed by atoms with E-state index in [0.717, 1.165) is 19.3 Å². The van der Waals surface area contributed by atoms with Crippen LogP contribution in [0.3, 0.4) is 0 Å². The van der Waals surface area contributed by atoms with E-state index < -0.39 is 34.7 Å². The van der Waals surface area contributed by atoms with Gasteiger partial charge < -0.3 is 25.8 Å². The lowest BCUT2D eigenvalue weighted by Crippen LogP contribution is -2.67. The standard InChI is InChI=1S/C23H33N3O5/c1-5-23(21(2,3)4,31-20(24)29)19(28)26-17-18(27)25-15-11-7-8-12-16(15)30-22(17)13-9-6-10-14-22/h7-8,11-12,17H,5-6,9-10,13-14H2,1-4H3,(H2,24,29)(H,25,27)(H,26,28)/t17-,23+/m0/s1. The van der Waals surface area contributed by atoms with Gasteiger partial charge >= 0.3 is 6.09 Å². The van der Waals surface area contributed by atoms with Gasteiger partial charge in [-0.1, -0.05) is 46.2 Å². The SMILES string of the molecule is CC[C@@](OC(N)=O)(C(=O)N[C@H]1C(=O)Nc2ccccc2OC12CCCCC2)C(C)(C)C. The molecule has 0 aromatic heterocycles. The first-order chi connectivity index (χ1) is 14.5. The molecule has 0 saturated heterocycles. The smallest absolute Gasteiger partial charge is 0.405 e. The molecule has 2 aliphatic rings. The summed E-state index contributed by atoms with van der Waals surface area (Å²) in [5, 5.41) is 5.79. The summed E-state index contributed by atoms with van der Waals surface area (Å²) in [7, 11) is 0. The van der Waals surface area contributed by atoms with Crippen LogP contribution in [0.4, 0.5) is 10.5 Å². The van der Waals surface area contributed by atoms with E-state index in [1.165, 1.54) is 0 Å². The molecule has 1 fully saturated rings. The van der Waals surface area contributed by atoms with E-state index in [0.29, 0.717) is 24.3 Å². The molecule has 170 valence electrons. The molecular formula is C23H33N3O5. The zero-order chi connectivity index (χ0) is 22.9. The summed E-state index contributed by atoms with van der Waals surface area (Å²) in [4.78, 5) is 38.7. The summed E-state index contributed by atoms with van der Waals surface area (Å²) in [5.74, 6) is -0.320. The lowest BCUT2D eigenvalue weighted by atomic mass is 9.73. The lowest BCUT2D eigenvalue weighted by molar-refractivity contribution is -0.157. The van der Waals surface area contributed by atoms with E-state index in [9.17, 15) is 14.4 Å². The van der Waals surface area contributed by atoms with E-state index in [1.807, 2.05) is 18.2 Å². The number of anilines is 1. The summed E-state index contributed by atoms with van der Waals surface area (Å²) < 4.78 is 11.9. The number of ether oxygens (including phenoxy) is 2. The van der Waals surface area contributed by atoms with E-state index >= 15 is 0 Å². The fourth-order valence-corrected chi connectivity index (χ4v) is 4.84. The molecule has 1 heterocycles. The summed E-state index contributed by atoms with van der Waals surface area (Å²) >= 11 is 0. The Hall–Kier alpha value is -2.77. The molecule has 3 amide bonds. The predicted molar refractivity (Wildman–Crippen MR) is 117 cm³/mol. The van der Waals surface area contributed by atoms with Crippen molar-refractivity contribution in [2.24, 2.45) is 11.1 Å². The lowest BCUT2D eigenvalue weighted by Gasteiger charge is -2.45. The van der Waals surface area contributed by atoms with Crippen LogP contribution in [0.5, 0.6) is 5.75 Å². The minimum absolute atomic E-state index is 0.202. The number of para-hydroxylation sites is 2. The third-order valence-electron chi connectivity index (χ3n) is 6.57. The number of benzene rings is 1. The molecule has 0 bridgehead atoms. The quantitative estimate of drug-likeness (QED) is 0.674. The Kier molecular flexibility index (Phi) is 6.21. The summed E-state index contributed by atoms with van der Waals surface area (Å²) in [5.41, 5.74) is 2.72. The third-order valence-corrected chi connectivity index (χ3v) is 6.57. The molecule has 4 N–H and O–H groups in total. The Labute approximate surface area is 183 Å². The third kappa shape index (κ3) is 4.20. The molecule has 1 aliphatic heterocycles. The molecule has 1 aromatic carbocycles. The fourth-order valence-electron chi connectivity index (χ4n) is 4.84. The number of nitrogens with one attached hydrogen (secondary N) is 2. The minimum Gasteiger partial charge on any atom is -0.482 e. The van der Waals surface area contributed by atoms with Crippen molar-refractivity contribution in [1.82, 2.24) is 5.32 Å². The topological polar surface area (TPSA) is 120 Å². The Morgan fingerprint density at radius 2 is 1.87 bits per heavy atom. The van der Waals surface area contributed by atoms with Crippen molar-refractivity contribution < 1.29 is 23.9 Å². The van der Waals surface area contributed by atoms with Crippen LogP contribution < -0.4 is 21.1 Å². The molecule has 8 heteroatoms. The molecule has 0 radical (unpaired) electrons. The van der Waals surface area contributed by atoms with Crippen LogP contribution in [-0.2, 0) is 14.3 Å². The van der Waals surface area contributed by atoms with Crippen molar-refractivity contribution in [2.45, 2.75) is 83.5 Å². The van der Waals surface area contributed by atoms with Crippen LogP contribution in [0, 0.1) is 5.41 Å². The van der Waals surface area contributed by atoms with Gasteiger partial charge in [-0.15, -0.1) is 0 Å². The first-order valence-corrected chi connectivity index (χ1v) is 10.9. The summed E-state index contributed by atoms with van der Waals surface area (Å²) in [6.45, 7) is 7.16. The van der Waals surface area contributed by atoms with Gasteiger partial charge in [-0.25, -0.2) is 4.79 Å². The molecule has 8 nitrogen and oxygen atoms in total. The second kappa shape index (κ2) is 8.40. The van der Waals surface area contributed by atoms with Crippen molar-refractivity contribution >= 4 is 23.6 Å². The number of rotatable bonds is 4. The Morgan fingerprint density at radius 1 is 1.23 bits per heavy atom. The fraction of sp³-hybridized carbons (Fsp3) is 0.609.